The number of fused-ring (bicyclic) bond motifs is 1. The van der Waals surface area contributed by atoms with Crippen LogP contribution in [0.25, 0.3) is 11.0 Å². The van der Waals surface area contributed by atoms with Crippen LogP contribution in [-0.4, -0.2) is 46.1 Å². The second-order valence-corrected chi connectivity index (χ2v) is 7.22. The largest absolute Gasteiger partial charge is 0.376 e. The number of H-pyrrole nitrogens is 1. The molecule has 0 amide bonds. The third kappa shape index (κ3) is 3.24. The number of anilines is 1. The topological polar surface area (TPSA) is 76.0 Å². The van der Waals surface area contributed by atoms with Gasteiger partial charge < -0.3 is 9.64 Å². The smallest absolute Gasteiger partial charge is 0.263 e. The quantitative estimate of drug-likeness (QED) is 0.935. The van der Waals surface area contributed by atoms with Gasteiger partial charge in [-0.1, -0.05) is 0 Å². The molecule has 7 heteroatoms. The van der Waals surface area contributed by atoms with Crippen molar-refractivity contribution in [3.8, 4) is 0 Å². The molecule has 1 atom stereocenters. The molecule has 0 spiro atoms. The Morgan fingerprint density at radius 3 is 2.87 bits per heavy atom. The summed E-state index contributed by atoms with van der Waals surface area (Å²) in [5, 5.41) is 4.85. The van der Waals surface area contributed by atoms with Crippen LogP contribution in [0.4, 0.5) is 5.95 Å². The van der Waals surface area contributed by atoms with Crippen LogP contribution in [0.15, 0.2) is 11.0 Å². The fourth-order valence-corrected chi connectivity index (χ4v) is 2.92. The van der Waals surface area contributed by atoms with Crippen LogP contribution in [-0.2, 0) is 10.3 Å². The van der Waals surface area contributed by atoms with Crippen molar-refractivity contribution in [2.45, 2.75) is 51.7 Å². The Labute approximate surface area is 135 Å². The SMILES string of the molecule is CN(CC1CCCCO1)c1nc2c(cnn2C(C)(C)C)c(=O)[nH]1. The van der Waals surface area contributed by atoms with E-state index in [1.165, 1.54) is 6.42 Å². The number of hydrogen-bond donors (Lipinski definition) is 1. The van der Waals surface area contributed by atoms with Crippen molar-refractivity contribution >= 4 is 17.0 Å². The molecule has 1 saturated heterocycles. The maximum absolute atomic E-state index is 12.3. The van der Waals surface area contributed by atoms with Crippen LogP contribution in [0.2, 0.25) is 0 Å². The molecule has 1 aliphatic rings. The molecule has 1 fully saturated rings. The van der Waals surface area contributed by atoms with E-state index >= 15 is 0 Å². The van der Waals surface area contributed by atoms with Crippen LogP contribution in [0, 0.1) is 0 Å². The standard InChI is InChI=1S/C16H25N5O2/c1-16(2,3)21-13-12(9-17-21)14(22)19-15(18-13)20(4)10-11-7-5-6-8-23-11/h9,11H,5-8,10H2,1-4H3,(H,18,19,22). The third-order valence-electron chi connectivity index (χ3n) is 4.17. The van der Waals surface area contributed by atoms with Gasteiger partial charge in [0.1, 0.15) is 5.39 Å². The minimum Gasteiger partial charge on any atom is -0.376 e. The van der Waals surface area contributed by atoms with Gasteiger partial charge in [-0.25, -0.2) is 4.68 Å². The van der Waals surface area contributed by atoms with Crippen LogP contribution in [0.3, 0.4) is 0 Å². The Morgan fingerprint density at radius 1 is 1.43 bits per heavy atom. The third-order valence-corrected chi connectivity index (χ3v) is 4.17. The van der Waals surface area contributed by atoms with Gasteiger partial charge >= 0.3 is 0 Å². The number of likely N-dealkylation sites (N-methyl/N-ethyl adjacent to an activating group) is 1. The van der Waals surface area contributed by atoms with Crippen molar-refractivity contribution < 1.29 is 4.74 Å². The molecular formula is C16H25N5O2. The summed E-state index contributed by atoms with van der Waals surface area (Å²) in [5.74, 6) is 0.558. The fourth-order valence-electron chi connectivity index (χ4n) is 2.92. The van der Waals surface area contributed by atoms with Gasteiger partial charge in [0.15, 0.2) is 5.65 Å². The van der Waals surface area contributed by atoms with Crippen molar-refractivity contribution in [1.29, 1.82) is 0 Å². The summed E-state index contributed by atoms with van der Waals surface area (Å²) in [5.41, 5.74) is 0.231. The van der Waals surface area contributed by atoms with Gasteiger partial charge in [-0.15, -0.1) is 0 Å². The number of hydrogen-bond acceptors (Lipinski definition) is 5. The van der Waals surface area contributed by atoms with Crippen LogP contribution < -0.4 is 10.5 Å². The molecule has 0 radical (unpaired) electrons. The van der Waals surface area contributed by atoms with E-state index in [4.69, 9.17) is 4.74 Å². The molecule has 7 nitrogen and oxygen atoms in total. The minimum absolute atomic E-state index is 0.156. The van der Waals surface area contributed by atoms with Crippen molar-refractivity contribution in [2.24, 2.45) is 0 Å². The van der Waals surface area contributed by atoms with Gasteiger partial charge in [-0.05, 0) is 40.0 Å². The molecule has 0 aliphatic carbocycles. The Morgan fingerprint density at radius 2 is 2.22 bits per heavy atom. The highest BCUT2D eigenvalue weighted by Crippen LogP contribution is 2.20. The van der Waals surface area contributed by atoms with Gasteiger partial charge in [0.05, 0.1) is 17.8 Å². The predicted molar refractivity (Wildman–Crippen MR) is 90.0 cm³/mol. The average Bonchev–Trinajstić information content (AvgIpc) is 2.92. The first-order valence-electron chi connectivity index (χ1n) is 8.17. The first-order chi connectivity index (χ1) is 10.9. The van der Waals surface area contributed by atoms with E-state index in [-0.39, 0.29) is 17.2 Å². The van der Waals surface area contributed by atoms with Gasteiger partial charge in [-0.3, -0.25) is 9.78 Å². The lowest BCUT2D eigenvalue weighted by Gasteiger charge is -2.27. The van der Waals surface area contributed by atoms with E-state index in [9.17, 15) is 4.79 Å². The zero-order valence-electron chi connectivity index (χ0n) is 14.3. The monoisotopic (exact) mass is 319 g/mol. The van der Waals surface area contributed by atoms with Gasteiger partial charge in [0, 0.05) is 20.2 Å². The summed E-state index contributed by atoms with van der Waals surface area (Å²) >= 11 is 0. The number of rotatable bonds is 3. The van der Waals surface area contributed by atoms with Crippen LogP contribution >= 0.6 is 0 Å². The van der Waals surface area contributed by atoms with E-state index in [0.29, 0.717) is 17.0 Å². The molecule has 0 aromatic carbocycles. The highest BCUT2D eigenvalue weighted by atomic mass is 16.5. The van der Waals surface area contributed by atoms with E-state index in [1.54, 1.807) is 10.9 Å². The molecule has 3 heterocycles. The van der Waals surface area contributed by atoms with E-state index in [2.05, 4.69) is 15.1 Å². The molecule has 2 aromatic heterocycles. The summed E-state index contributed by atoms with van der Waals surface area (Å²) < 4.78 is 7.57. The van der Waals surface area contributed by atoms with Crippen molar-refractivity contribution in [1.82, 2.24) is 19.7 Å². The summed E-state index contributed by atoms with van der Waals surface area (Å²) in [7, 11) is 1.93. The molecule has 1 unspecified atom stereocenters. The van der Waals surface area contributed by atoms with E-state index < -0.39 is 0 Å². The van der Waals surface area contributed by atoms with Crippen molar-refractivity contribution in [3.63, 3.8) is 0 Å². The second-order valence-electron chi connectivity index (χ2n) is 7.22. The molecule has 126 valence electrons. The molecule has 0 bridgehead atoms. The number of aromatic nitrogens is 4. The number of nitrogens with one attached hydrogen (secondary N) is 1. The van der Waals surface area contributed by atoms with Gasteiger partial charge in [0.2, 0.25) is 5.95 Å². The molecule has 3 rings (SSSR count). The van der Waals surface area contributed by atoms with Crippen molar-refractivity contribution in [3.05, 3.63) is 16.6 Å². The fraction of sp³-hybridized carbons (Fsp3) is 0.688. The van der Waals surface area contributed by atoms with Gasteiger partial charge in [0.25, 0.3) is 5.56 Å². The molecule has 23 heavy (non-hydrogen) atoms. The second kappa shape index (κ2) is 5.96. The number of nitrogens with zero attached hydrogens (tertiary/aromatic N) is 4. The highest BCUT2D eigenvalue weighted by molar-refractivity contribution is 5.74. The summed E-state index contributed by atoms with van der Waals surface area (Å²) in [6, 6.07) is 0. The summed E-state index contributed by atoms with van der Waals surface area (Å²) in [4.78, 5) is 21.8. The molecular weight excluding hydrogens is 294 g/mol. The molecule has 1 aliphatic heterocycles. The zero-order chi connectivity index (χ0) is 16.6. The Balaban J connectivity index is 1.93. The average molecular weight is 319 g/mol. The lowest BCUT2D eigenvalue weighted by atomic mass is 10.1. The van der Waals surface area contributed by atoms with Crippen molar-refractivity contribution in [2.75, 3.05) is 25.1 Å². The zero-order valence-corrected chi connectivity index (χ0v) is 14.3. The maximum Gasteiger partial charge on any atom is 0.263 e. The normalized spacial score (nSPS) is 19.2. The van der Waals surface area contributed by atoms with Crippen LogP contribution in [0.5, 0.6) is 0 Å². The lowest BCUT2D eigenvalue weighted by Crippen LogP contribution is -2.35. The van der Waals surface area contributed by atoms with Gasteiger partial charge in [-0.2, -0.15) is 10.1 Å². The molecule has 0 saturated carbocycles. The summed E-state index contributed by atoms with van der Waals surface area (Å²) in [6.45, 7) is 7.67. The predicted octanol–water partition coefficient (Wildman–Crippen LogP) is 1.88. The van der Waals surface area contributed by atoms with Crippen LogP contribution in [0.1, 0.15) is 40.0 Å². The summed E-state index contributed by atoms with van der Waals surface area (Å²) in [6.07, 6.45) is 5.16. The van der Waals surface area contributed by atoms with E-state index in [0.717, 1.165) is 26.0 Å². The lowest BCUT2D eigenvalue weighted by molar-refractivity contribution is 0.0214. The Bertz CT molecular complexity index is 737. The van der Waals surface area contributed by atoms with E-state index in [1.807, 2.05) is 32.7 Å². The minimum atomic E-state index is -0.231. The maximum atomic E-state index is 12.3. The Kier molecular flexibility index (Phi) is 4.14. The Hall–Kier alpha value is -1.89. The first kappa shape index (κ1) is 16.0. The highest BCUT2D eigenvalue weighted by Gasteiger charge is 2.22. The first-order valence-corrected chi connectivity index (χ1v) is 8.17. The molecule has 2 aromatic rings. The number of ether oxygens (including phenoxy) is 1. The number of aromatic amines is 1. The molecule has 1 N–H and O–H groups in total.